The van der Waals surface area contributed by atoms with E-state index in [0.717, 1.165) is 25.9 Å². The van der Waals surface area contributed by atoms with Gasteiger partial charge in [0.05, 0.1) is 0 Å². The Morgan fingerprint density at radius 2 is 2.06 bits per heavy atom. The number of aromatic nitrogens is 3. The lowest BCUT2D eigenvalue weighted by Crippen LogP contribution is -2.21. The van der Waals surface area contributed by atoms with Crippen LogP contribution in [0.25, 0.3) is 0 Å². The van der Waals surface area contributed by atoms with Crippen molar-refractivity contribution in [3.63, 3.8) is 0 Å². The highest BCUT2D eigenvalue weighted by Gasteiger charge is 2.17. The Kier molecular flexibility index (Phi) is 4.14. The number of anilines is 1. The summed E-state index contributed by atoms with van der Waals surface area (Å²) in [6.45, 7) is 4.30. The van der Waals surface area contributed by atoms with Crippen molar-refractivity contribution in [3.05, 3.63) is 17.4 Å². The van der Waals surface area contributed by atoms with Gasteiger partial charge in [-0.25, -0.2) is 0 Å². The first-order valence-electron chi connectivity index (χ1n) is 5.70. The lowest BCUT2D eigenvalue weighted by Gasteiger charge is -2.15. The van der Waals surface area contributed by atoms with Gasteiger partial charge in [0.2, 0.25) is 11.2 Å². The number of halogens is 1. The highest BCUT2D eigenvalue weighted by atomic mass is 35.5. The Morgan fingerprint density at radius 1 is 1.29 bits per heavy atom. The van der Waals surface area contributed by atoms with Crippen LogP contribution in [0, 0.1) is 0 Å². The molecule has 0 amide bonds. The van der Waals surface area contributed by atoms with Crippen molar-refractivity contribution >= 4 is 17.5 Å². The molecule has 1 aliphatic heterocycles. The SMILES string of the molecule is CC=CCOc1nc(Cl)nc(N2CCCC2)n1. The molecule has 6 heteroatoms. The fraction of sp³-hybridized carbons (Fsp3) is 0.545. The fourth-order valence-electron chi connectivity index (χ4n) is 1.66. The first-order chi connectivity index (χ1) is 8.29. The molecule has 1 saturated heterocycles. The van der Waals surface area contributed by atoms with Crippen molar-refractivity contribution in [2.24, 2.45) is 0 Å². The van der Waals surface area contributed by atoms with Crippen LogP contribution in [0.1, 0.15) is 19.8 Å². The predicted octanol–water partition coefficient (Wildman–Crippen LogP) is 2.08. The van der Waals surface area contributed by atoms with E-state index in [0.29, 0.717) is 12.6 Å². The highest BCUT2D eigenvalue weighted by molar-refractivity contribution is 6.28. The van der Waals surface area contributed by atoms with Crippen molar-refractivity contribution < 1.29 is 4.74 Å². The lowest BCUT2D eigenvalue weighted by molar-refractivity contribution is 0.331. The number of ether oxygens (including phenoxy) is 1. The standard InChI is InChI=1S/C11H15ClN4O/c1-2-3-8-17-11-14-9(12)13-10(15-11)16-6-4-5-7-16/h2-3H,4-8H2,1H3. The van der Waals surface area contributed by atoms with Crippen LogP contribution in [0.4, 0.5) is 5.95 Å². The third-order valence-corrected chi connectivity index (χ3v) is 2.68. The number of rotatable bonds is 4. The Morgan fingerprint density at radius 3 is 2.76 bits per heavy atom. The maximum absolute atomic E-state index is 5.85. The summed E-state index contributed by atoms with van der Waals surface area (Å²) < 4.78 is 5.37. The number of hydrogen-bond acceptors (Lipinski definition) is 5. The van der Waals surface area contributed by atoms with Crippen LogP contribution >= 0.6 is 11.6 Å². The van der Waals surface area contributed by atoms with Crippen LogP contribution in [0.3, 0.4) is 0 Å². The molecule has 0 unspecified atom stereocenters. The third-order valence-electron chi connectivity index (χ3n) is 2.51. The van der Waals surface area contributed by atoms with Gasteiger partial charge >= 0.3 is 6.01 Å². The summed E-state index contributed by atoms with van der Waals surface area (Å²) in [6, 6.07) is 0.282. The van der Waals surface area contributed by atoms with Gasteiger partial charge in [0.1, 0.15) is 6.61 Å². The Bertz CT molecular complexity index is 404. The minimum Gasteiger partial charge on any atom is -0.459 e. The van der Waals surface area contributed by atoms with Gasteiger partial charge in [0.25, 0.3) is 0 Å². The summed E-state index contributed by atoms with van der Waals surface area (Å²) in [5.74, 6) is 0.609. The van der Waals surface area contributed by atoms with E-state index in [4.69, 9.17) is 16.3 Å². The Labute approximate surface area is 105 Å². The molecule has 0 spiro atoms. The second kappa shape index (κ2) is 5.82. The van der Waals surface area contributed by atoms with E-state index in [9.17, 15) is 0 Å². The molecule has 0 N–H and O–H groups in total. The summed E-state index contributed by atoms with van der Waals surface area (Å²) in [5, 5.41) is 0.178. The maximum Gasteiger partial charge on any atom is 0.322 e. The predicted molar refractivity (Wildman–Crippen MR) is 66.6 cm³/mol. The third kappa shape index (κ3) is 3.30. The van der Waals surface area contributed by atoms with Gasteiger partial charge in [0.15, 0.2) is 0 Å². The zero-order valence-electron chi connectivity index (χ0n) is 9.77. The molecule has 0 radical (unpaired) electrons. The van der Waals surface area contributed by atoms with E-state index in [2.05, 4.69) is 19.9 Å². The van der Waals surface area contributed by atoms with Crippen LogP contribution in [-0.2, 0) is 0 Å². The quantitative estimate of drug-likeness (QED) is 0.770. The van der Waals surface area contributed by atoms with Crippen molar-refractivity contribution in [2.75, 3.05) is 24.6 Å². The molecule has 2 heterocycles. The van der Waals surface area contributed by atoms with Gasteiger partial charge in [-0.1, -0.05) is 12.2 Å². The second-order valence-corrected chi connectivity index (χ2v) is 4.10. The smallest absolute Gasteiger partial charge is 0.322 e. The van der Waals surface area contributed by atoms with E-state index < -0.39 is 0 Å². The molecule has 0 atom stereocenters. The summed E-state index contributed by atoms with van der Waals surface area (Å²) in [6.07, 6.45) is 6.12. The van der Waals surface area contributed by atoms with Gasteiger partial charge in [-0.05, 0) is 31.4 Å². The molecule has 0 aromatic carbocycles. The number of allylic oxidation sites excluding steroid dienone is 1. The zero-order chi connectivity index (χ0) is 12.1. The molecule has 0 bridgehead atoms. The summed E-state index contributed by atoms with van der Waals surface area (Å²) >= 11 is 5.85. The zero-order valence-corrected chi connectivity index (χ0v) is 10.5. The Balaban J connectivity index is 2.10. The molecular weight excluding hydrogens is 240 g/mol. The van der Waals surface area contributed by atoms with E-state index in [-0.39, 0.29) is 11.3 Å². The van der Waals surface area contributed by atoms with Crippen molar-refractivity contribution in [2.45, 2.75) is 19.8 Å². The molecule has 1 aromatic rings. The van der Waals surface area contributed by atoms with E-state index in [1.807, 2.05) is 19.1 Å². The van der Waals surface area contributed by atoms with Gasteiger partial charge in [-0.2, -0.15) is 15.0 Å². The van der Waals surface area contributed by atoms with Crippen LogP contribution in [0.5, 0.6) is 6.01 Å². The molecule has 0 aliphatic carbocycles. The normalized spacial score (nSPS) is 15.8. The summed E-state index contributed by atoms with van der Waals surface area (Å²) in [7, 11) is 0. The first kappa shape index (κ1) is 12.1. The average Bonchev–Trinajstić information content (AvgIpc) is 2.82. The van der Waals surface area contributed by atoms with Crippen molar-refractivity contribution in [1.82, 2.24) is 15.0 Å². The number of nitrogens with zero attached hydrogens (tertiary/aromatic N) is 4. The van der Waals surface area contributed by atoms with Crippen LogP contribution in [0.15, 0.2) is 12.2 Å². The van der Waals surface area contributed by atoms with E-state index in [1.165, 1.54) is 0 Å². The minimum atomic E-state index is 0.178. The maximum atomic E-state index is 5.85. The van der Waals surface area contributed by atoms with Crippen molar-refractivity contribution in [1.29, 1.82) is 0 Å². The molecule has 1 fully saturated rings. The number of hydrogen-bond donors (Lipinski definition) is 0. The fourth-order valence-corrected chi connectivity index (χ4v) is 1.81. The van der Waals surface area contributed by atoms with E-state index in [1.54, 1.807) is 0 Å². The largest absolute Gasteiger partial charge is 0.459 e. The summed E-state index contributed by atoms with van der Waals surface area (Å²) in [4.78, 5) is 14.4. The first-order valence-corrected chi connectivity index (χ1v) is 6.08. The average molecular weight is 255 g/mol. The lowest BCUT2D eigenvalue weighted by atomic mass is 10.4. The summed E-state index contributed by atoms with van der Waals surface area (Å²) in [5.41, 5.74) is 0. The molecule has 0 saturated carbocycles. The highest BCUT2D eigenvalue weighted by Crippen LogP contribution is 2.19. The minimum absolute atomic E-state index is 0.178. The van der Waals surface area contributed by atoms with Crippen LogP contribution in [-0.4, -0.2) is 34.6 Å². The molecule has 17 heavy (non-hydrogen) atoms. The topological polar surface area (TPSA) is 51.1 Å². The molecular formula is C11H15ClN4O. The monoisotopic (exact) mass is 254 g/mol. The van der Waals surface area contributed by atoms with Gasteiger partial charge in [0, 0.05) is 13.1 Å². The van der Waals surface area contributed by atoms with Crippen LogP contribution < -0.4 is 9.64 Å². The van der Waals surface area contributed by atoms with Gasteiger partial charge in [-0.3, -0.25) is 0 Å². The molecule has 5 nitrogen and oxygen atoms in total. The Hall–Kier alpha value is -1.36. The molecule has 92 valence electrons. The van der Waals surface area contributed by atoms with Gasteiger partial charge < -0.3 is 9.64 Å². The van der Waals surface area contributed by atoms with Crippen molar-refractivity contribution in [3.8, 4) is 6.01 Å². The molecule has 1 aromatic heterocycles. The molecule has 2 rings (SSSR count). The van der Waals surface area contributed by atoms with E-state index >= 15 is 0 Å². The molecule has 1 aliphatic rings. The van der Waals surface area contributed by atoms with Gasteiger partial charge in [-0.15, -0.1) is 0 Å². The second-order valence-electron chi connectivity index (χ2n) is 3.76. The van der Waals surface area contributed by atoms with Crippen LogP contribution in [0.2, 0.25) is 5.28 Å².